The lowest BCUT2D eigenvalue weighted by atomic mass is 10.0. The number of nitrogens with one attached hydrogen (secondary N) is 1. The Hall–Kier alpha value is -1.70. The maximum atomic E-state index is 11.4. The van der Waals surface area contributed by atoms with Crippen LogP contribution in [0.2, 0.25) is 0 Å². The zero-order valence-electron chi connectivity index (χ0n) is 12.9. The van der Waals surface area contributed by atoms with Crippen molar-refractivity contribution in [1.29, 1.82) is 5.41 Å². The van der Waals surface area contributed by atoms with Crippen LogP contribution >= 0.6 is 15.9 Å². The van der Waals surface area contributed by atoms with Crippen LogP contribution < -0.4 is 0 Å². The average molecular weight is 399 g/mol. The summed E-state index contributed by atoms with van der Waals surface area (Å²) in [4.78, 5) is 1.60. The van der Waals surface area contributed by atoms with E-state index < -0.39 is 10.1 Å². The number of hydrogen-bond acceptors (Lipinski definition) is 3. The van der Waals surface area contributed by atoms with Crippen molar-refractivity contribution in [2.24, 2.45) is 0 Å². The number of alkyl halides is 1. The molecule has 0 aromatic heterocycles. The highest BCUT2D eigenvalue weighted by Crippen LogP contribution is 2.28. The van der Waals surface area contributed by atoms with Gasteiger partial charge in [-0.15, -0.1) is 0 Å². The molecule has 0 aliphatic rings. The summed E-state index contributed by atoms with van der Waals surface area (Å²) >= 11 is 3.26. The van der Waals surface area contributed by atoms with E-state index in [0.717, 1.165) is 11.1 Å². The van der Waals surface area contributed by atoms with Crippen molar-refractivity contribution in [3.05, 3.63) is 54.1 Å². The molecule has 0 radical (unpaired) electrons. The maximum absolute atomic E-state index is 11.4. The molecule has 5 nitrogen and oxygen atoms in total. The van der Waals surface area contributed by atoms with Gasteiger partial charge in [-0.25, -0.2) is 0 Å². The molecule has 0 aliphatic carbocycles. The first-order valence-electron chi connectivity index (χ1n) is 6.68. The van der Waals surface area contributed by atoms with Gasteiger partial charge in [0.2, 0.25) is 0 Å². The van der Waals surface area contributed by atoms with Crippen LogP contribution in [0.15, 0.2) is 53.4 Å². The summed E-state index contributed by atoms with van der Waals surface area (Å²) in [6.45, 7) is 0. The van der Waals surface area contributed by atoms with Gasteiger partial charge in [-0.1, -0.05) is 58.4 Å². The molecule has 23 heavy (non-hydrogen) atoms. The maximum Gasteiger partial charge on any atom is 0.295 e. The summed E-state index contributed by atoms with van der Waals surface area (Å²) in [6.07, 6.45) is 1.25. The Balaban J connectivity index is 0.000000463. The minimum atomic E-state index is -4.24. The molecule has 124 valence electrons. The summed E-state index contributed by atoms with van der Waals surface area (Å²) in [6, 6.07) is 14.1. The molecule has 0 saturated heterocycles. The number of nitrogens with zero attached hydrogens (tertiary/aromatic N) is 1. The van der Waals surface area contributed by atoms with E-state index in [1.807, 2.05) is 38.4 Å². The third-order valence-electron chi connectivity index (χ3n) is 2.82. The number of hydrogen-bond donors (Lipinski definition) is 2. The van der Waals surface area contributed by atoms with Gasteiger partial charge in [0.15, 0.2) is 0 Å². The van der Waals surface area contributed by atoms with Crippen molar-refractivity contribution in [3.63, 3.8) is 0 Å². The average Bonchev–Trinajstić information content (AvgIpc) is 2.54. The standard InChI is InChI=1S/C13H11BrO3S.C3H8N2/c14-9-10-6-7-12(11-4-2-1-3-5-11)13(8-10)18(15,16)17;1-5(2)3-4/h1-8H,9H2,(H,15,16,17);3-4H,1-2H3. The van der Waals surface area contributed by atoms with Gasteiger partial charge in [-0.05, 0) is 17.2 Å². The Morgan fingerprint density at radius 3 is 2.17 bits per heavy atom. The van der Waals surface area contributed by atoms with Crippen LogP contribution in [0, 0.1) is 5.41 Å². The van der Waals surface area contributed by atoms with E-state index in [9.17, 15) is 13.0 Å². The Labute approximate surface area is 145 Å². The zero-order valence-corrected chi connectivity index (χ0v) is 15.3. The Bertz CT molecular complexity index is 747. The molecule has 0 saturated carbocycles. The van der Waals surface area contributed by atoms with Crippen LogP contribution in [0.5, 0.6) is 0 Å². The van der Waals surface area contributed by atoms with Crippen molar-refractivity contribution in [2.45, 2.75) is 10.2 Å². The van der Waals surface area contributed by atoms with Crippen LogP contribution in [-0.2, 0) is 15.4 Å². The van der Waals surface area contributed by atoms with Crippen molar-refractivity contribution >= 4 is 32.4 Å². The normalized spacial score (nSPS) is 10.4. The van der Waals surface area contributed by atoms with Gasteiger partial charge < -0.3 is 4.90 Å². The first-order chi connectivity index (χ1) is 10.8. The van der Waals surface area contributed by atoms with E-state index in [1.165, 1.54) is 12.4 Å². The molecule has 0 fully saturated rings. The fraction of sp³-hybridized carbons (Fsp3) is 0.188. The Morgan fingerprint density at radius 1 is 1.17 bits per heavy atom. The van der Waals surface area contributed by atoms with Crippen LogP contribution in [0.4, 0.5) is 0 Å². The largest absolute Gasteiger partial charge is 0.369 e. The van der Waals surface area contributed by atoms with Gasteiger partial charge >= 0.3 is 0 Å². The van der Waals surface area contributed by atoms with Crippen LogP contribution in [-0.4, -0.2) is 38.3 Å². The van der Waals surface area contributed by atoms with Crippen molar-refractivity contribution in [3.8, 4) is 11.1 Å². The fourth-order valence-electron chi connectivity index (χ4n) is 1.72. The van der Waals surface area contributed by atoms with Gasteiger partial charge in [-0.3, -0.25) is 9.96 Å². The summed E-state index contributed by atoms with van der Waals surface area (Å²) in [5.74, 6) is 0. The Kier molecular flexibility index (Phi) is 7.41. The number of benzene rings is 2. The van der Waals surface area contributed by atoms with Gasteiger partial charge in [0.1, 0.15) is 4.90 Å². The lowest BCUT2D eigenvalue weighted by Crippen LogP contribution is -2.05. The molecule has 0 bridgehead atoms. The predicted molar refractivity (Wildman–Crippen MR) is 96.8 cm³/mol. The molecule has 0 spiro atoms. The minimum absolute atomic E-state index is 0.0642. The lowest BCUT2D eigenvalue weighted by molar-refractivity contribution is 0.483. The van der Waals surface area contributed by atoms with Gasteiger partial charge in [0.25, 0.3) is 10.1 Å². The molecule has 0 unspecified atom stereocenters. The lowest BCUT2D eigenvalue weighted by Gasteiger charge is -2.09. The van der Waals surface area contributed by atoms with Crippen molar-refractivity contribution in [2.75, 3.05) is 14.1 Å². The number of rotatable bonds is 4. The summed E-state index contributed by atoms with van der Waals surface area (Å²) in [5.41, 5.74) is 2.05. The van der Waals surface area contributed by atoms with Crippen molar-refractivity contribution < 1.29 is 13.0 Å². The van der Waals surface area contributed by atoms with Gasteiger partial charge in [0, 0.05) is 25.0 Å². The molecule has 2 rings (SSSR count). The number of halogens is 1. The fourth-order valence-corrected chi connectivity index (χ4v) is 2.83. The second-order valence-electron chi connectivity index (χ2n) is 4.90. The zero-order chi connectivity index (χ0) is 17.5. The molecule has 7 heteroatoms. The highest BCUT2D eigenvalue weighted by atomic mass is 79.9. The van der Waals surface area contributed by atoms with E-state index in [1.54, 1.807) is 23.1 Å². The van der Waals surface area contributed by atoms with E-state index in [2.05, 4.69) is 15.9 Å². The molecule has 0 heterocycles. The first kappa shape index (κ1) is 19.3. The van der Waals surface area contributed by atoms with E-state index in [0.29, 0.717) is 10.9 Å². The van der Waals surface area contributed by atoms with E-state index in [4.69, 9.17) is 5.41 Å². The summed E-state index contributed by atoms with van der Waals surface area (Å²) in [5, 5.41) is 6.99. The highest BCUT2D eigenvalue weighted by molar-refractivity contribution is 9.08. The van der Waals surface area contributed by atoms with Crippen LogP contribution in [0.3, 0.4) is 0 Å². The third kappa shape index (κ3) is 6.13. The van der Waals surface area contributed by atoms with E-state index in [-0.39, 0.29) is 4.90 Å². The van der Waals surface area contributed by atoms with Gasteiger partial charge in [-0.2, -0.15) is 8.42 Å². The third-order valence-corrected chi connectivity index (χ3v) is 4.36. The molecule has 0 amide bonds. The molecular formula is C16H19BrN2O3S. The Morgan fingerprint density at radius 2 is 1.74 bits per heavy atom. The van der Waals surface area contributed by atoms with Crippen LogP contribution in [0.25, 0.3) is 11.1 Å². The van der Waals surface area contributed by atoms with Gasteiger partial charge in [0.05, 0.1) is 6.34 Å². The first-order valence-corrected chi connectivity index (χ1v) is 9.24. The van der Waals surface area contributed by atoms with E-state index >= 15 is 0 Å². The van der Waals surface area contributed by atoms with Crippen molar-refractivity contribution in [1.82, 2.24) is 4.90 Å². The minimum Gasteiger partial charge on any atom is -0.369 e. The summed E-state index contributed by atoms with van der Waals surface area (Å²) < 4.78 is 32.2. The quantitative estimate of drug-likeness (QED) is 0.356. The molecule has 2 N–H and O–H groups in total. The molecule has 2 aromatic carbocycles. The molecular weight excluding hydrogens is 380 g/mol. The highest BCUT2D eigenvalue weighted by Gasteiger charge is 2.17. The van der Waals surface area contributed by atoms with Crippen LogP contribution in [0.1, 0.15) is 5.56 Å². The molecule has 0 atom stereocenters. The smallest absolute Gasteiger partial charge is 0.295 e. The molecule has 0 aliphatic heterocycles. The summed E-state index contributed by atoms with van der Waals surface area (Å²) in [7, 11) is -0.610. The second kappa shape index (κ2) is 8.81. The second-order valence-corrected chi connectivity index (χ2v) is 6.85. The predicted octanol–water partition coefficient (Wildman–Crippen LogP) is 3.65. The molecule has 2 aromatic rings. The topological polar surface area (TPSA) is 81.5 Å². The SMILES string of the molecule is CN(C)C=N.O=S(=O)(O)c1cc(CBr)ccc1-c1ccccc1. The monoisotopic (exact) mass is 398 g/mol.